The molecule has 38 heavy (non-hydrogen) atoms. The number of halogens is 2. The van der Waals surface area contributed by atoms with E-state index in [1.165, 1.54) is 19.2 Å². The number of carbonyl (C=O) groups excluding carboxylic acids is 3. The largest absolute Gasteiger partial charge is 0.497 e. The minimum atomic E-state index is -0.644. The first kappa shape index (κ1) is 27.0. The van der Waals surface area contributed by atoms with Crippen LogP contribution in [0.15, 0.2) is 52.0 Å². The van der Waals surface area contributed by atoms with E-state index in [2.05, 4.69) is 21.4 Å². The van der Waals surface area contributed by atoms with Crippen LogP contribution in [-0.4, -0.2) is 37.1 Å². The lowest BCUT2D eigenvalue weighted by Crippen LogP contribution is -2.43. The van der Waals surface area contributed by atoms with Gasteiger partial charge in [-0.3, -0.25) is 25.2 Å². The zero-order valence-corrected chi connectivity index (χ0v) is 22.0. The van der Waals surface area contributed by atoms with Gasteiger partial charge in [-0.05, 0) is 56.2 Å². The second-order valence-electron chi connectivity index (χ2n) is 8.31. The summed E-state index contributed by atoms with van der Waals surface area (Å²) in [4.78, 5) is 37.5. The molecule has 0 radical (unpaired) electrons. The van der Waals surface area contributed by atoms with Crippen LogP contribution in [-0.2, 0) is 11.2 Å². The highest BCUT2D eigenvalue weighted by Gasteiger charge is 2.28. The van der Waals surface area contributed by atoms with Crippen molar-refractivity contribution >= 4 is 46.6 Å². The fraction of sp³-hybridized carbons (Fsp3) is 0.231. The van der Waals surface area contributed by atoms with Gasteiger partial charge >= 0.3 is 5.91 Å². The third-order valence-corrected chi connectivity index (χ3v) is 6.25. The van der Waals surface area contributed by atoms with Crippen molar-refractivity contribution in [3.05, 3.63) is 80.7 Å². The number of aryl methyl sites for hydroxylation is 1. The molecule has 1 heterocycles. The van der Waals surface area contributed by atoms with Crippen molar-refractivity contribution in [2.24, 2.45) is 5.10 Å². The number of hydrogen-bond donors (Lipinski definition) is 3. The molecule has 0 spiro atoms. The molecule has 12 heteroatoms. The fourth-order valence-electron chi connectivity index (χ4n) is 3.90. The number of hydrazone groups is 1. The second kappa shape index (κ2) is 12.0. The van der Waals surface area contributed by atoms with Crippen LogP contribution in [0.4, 0.5) is 0 Å². The Hall–Kier alpha value is -4.02. The molecule has 1 aliphatic rings. The molecule has 10 nitrogen and oxygen atoms in total. The topological polar surface area (TPSA) is 131 Å². The molecule has 0 fully saturated rings. The third kappa shape index (κ3) is 6.27. The van der Waals surface area contributed by atoms with E-state index in [0.717, 1.165) is 6.42 Å². The van der Waals surface area contributed by atoms with Crippen LogP contribution in [0.2, 0.25) is 10.0 Å². The van der Waals surface area contributed by atoms with Crippen molar-refractivity contribution in [3.8, 4) is 11.5 Å². The molecule has 0 atom stereocenters. The molecule has 2 aromatic carbocycles. The summed E-state index contributed by atoms with van der Waals surface area (Å²) in [6.07, 6.45) is 1.93. The van der Waals surface area contributed by atoms with Crippen LogP contribution in [0, 0.1) is 6.92 Å². The molecule has 3 aromatic rings. The molecule has 1 aliphatic carbocycles. The summed E-state index contributed by atoms with van der Waals surface area (Å²) < 4.78 is 16.3. The normalized spacial score (nSPS) is 13.4. The number of ether oxygens (including phenoxy) is 2. The number of carbonyl (C=O) groups is 3. The van der Waals surface area contributed by atoms with Crippen molar-refractivity contribution in [2.45, 2.75) is 26.2 Å². The molecule has 3 N–H and O–H groups in total. The van der Waals surface area contributed by atoms with E-state index in [1.54, 1.807) is 37.3 Å². The first-order chi connectivity index (χ1) is 18.3. The Bertz CT molecular complexity index is 1420. The van der Waals surface area contributed by atoms with E-state index >= 15 is 0 Å². The maximum atomic E-state index is 12.8. The lowest BCUT2D eigenvalue weighted by molar-refractivity contribution is -0.123. The first-order valence-electron chi connectivity index (χ1n) is 11.6. The Kier molecular flexibility index (Phi) is 8.55. The van der Waals surface area contributed by atoms with Crippen LogP contribution >= 0.6 is 23.2 Å². The van der Waals surface area contributed by atoms with Crippen LogP contribution < -0.4 is 25.8 Å². The zero-order chi connectivity index (χ0) is 27.2. The van der Waals surface area contributed by atoms with Crippen LogP contribution in [0.1, 0.15) is 50.6 Å². The summed E-state index contributed by atoms with van der Waals surface area (Å²) in [5.74, 6) is -0.203. The number of fused-ring (bicyclic) bond motifs is 1. The average molecular weight is 559 g/mol. The summed E-state index contributed by atoms with van der Waals surface area (Å²) in [6, 6.07) is 11.3. The number of hydrogen-bond acceptors (Lipinski definition) is 7. The molecule has 0 saturated heterocycles. The van der Waals surface area contributed by atoms with Gasteiger partial charge in [0.2, 0.25) is 0 Å². The highest BCUT2D eigenvalue weighted by Crippen LogP contribution is 2.30. The smallest absolute Gasteiger partial charge is 0.305 e. The van der Waals surface area contributed by atoms with E-state index in [0.29, 0.717) is 51.8 Å². The second-order valence-corrected chi connectivity index (χ2v) is 9.15. The lowest BCUT2D eigenvalue weighted by Gasteiger charge is -2.13. The van der Waals surface area contributed by atoms with Gasteiger partial charge in [0.15, 0.2) is 12.4 Å². The minimum absolute atomic E-state index is 0.0330. The molecular weight excluding hydrogens is 535 g/mol. The molecule has 4 rings (SSSR count). The molecule has 3 amide bonds. The number of rotatable bonds is 7. The number of nitrogens with zero attached hydrogens (tertiary/aromatic N) is 1. The summed E-state index contributed by atoms with van der Waals surface area (Å²) >= 11 is 11.9. The molecule has 198 valence electrons. The van der Waals surface area contributed by atoms with Gasteiger partial charge in [-0.25, -0.2) is 5.43 Å². The highest BCUT2D eigenvalue weighted by atomic mass is 35.5. The van der Waals surface area contributed by atoms with Crippen molar-refractivity contribution < 1.29 is 28.3 Å². The van der Waals surface area contributed by atoms with E-state index in [9.17, 15) is 14.4 Å². The molecule has 1 aromatic heterocycles. The quantitative estimate of drug-likeness (QED) is 0.372. The Morgan fingerprint density at radius 2 is 1.87 bits per heavy atom. The number of furan rings is 1. The number of nitrogens with one attached hydrogen (secondary N) is 3. The van der Waals surface area contributed by atoms with Gasteiger partial charge in [-0.15, -0.1) is 0 Å². The first-order valence-corrected chi connectivity index (χ1v) is 12.3. The molecule has 0 unspecified atom stereocenters. The van der Waals surface area contributed by atoms with E-state index < -0.39 is 17.7 Å². The van der Waals surface area contributed by atoms with E-state index in [-0.39, 0.29) is 23.1 Å². The Morgan fingerprint density at radius 1 is 1.05 bits per heavy atom. The number of benzene rings is 2. The number of amides is 3. The maximum Gasteiger partial charge on any atom is 0.305 e. The predicted octanol–water partition coefficient (Wildman–Crippen LogP) is 4.21. The third-order valence-electron chi connectivity index (χ3n) is 5.72. The standard InChI is InChI=1S/C26H24Cl2N4O6/c1-14-23-19(29-31-25(34)15-5-3-6-17(11-15)36-2)7-4-8-21(23)38-24(14)26(35)32-30-22(33)13-37-20-10-9-16(27)12-18(20)28/h3,5-6,9-12H,4,7-8,13H2,1-2H3,(H,30,33)(H,31,34)(H,32,35)/b29-19+. The Morgan fingerprint density at radius 3 is 2.63 bits per heavy atom. The monoisotopic (exact) mass is 558 g/mol. The number of hydrazine groups is 1. The van der Waals surface area contributed by atoms with Gasteiger partial charge in [-0.1, -0.05) is 29.3 Å². The van der Waals surface area contributed by atoms with Crippen molar-refractivity contribution in [3.63, 3.8) is 0 Å². The minimum Gasteiger partial charge on any atom is -0.497 e. The van der Waals surface area contributed by atoms with Gasteiger partial charge in [0, 0.05) is 28.1 Å². The van der Waals surface area contributed by atoms with Crippen LogP contribution in [0.5, 0.6) is 11.5 Å². The number of methoxy groups -OCH3 is 1. The fourth-order valence-corrected chi connectivity index (χ4v) is 4.36. The summed E-state index contributed by atoms with van der Waals surface area (Å²) in [7, 11) is 1.52. The predicted molar refractivity (Wildman–Crippen MR) is 141 cm³/mol. The molecule has 0 aliphatic heterocycles. The summed E-state index contributed by atoms with van der Waals surface area (Å²) in [5.41, 5.74) is 9.37. The van der Waals surface area contributed by atoms with Crippen molar-refractivity contribution in [2.75, 3.05) is 13.7 Å². The van der Waals surface area contributed by atoms with E-state index in [1.807, 2.05) is 0 Å². The van der Waals surface area contributed by atoms with E-state index in [4.69, 9.17) is 37.1 Å². The van der Waals surface area contributed by atoms with Gasteiger partial charge in [0.1, 0.15) is 17.3 Å². The maximum absolute atomic E-state index is 12.8. The van der Waals surface area contributed by atoms with Gasteiger partial charge in [0.05, 0.1) is 17.8 Å². The highest BCUT2D eigenvalue weighted by molar-refractivity contribution is 6.35. The van der Waals surface area contributed by atoms with Gasteiger partial charge in [-0.2, -0.15) is 5.10 Å². The summed E-state index contributed by atoms with van der Waals surface area (Å²) in [6.45, 7) is 1.33. The van der Waals surface area contributed by atoms with Crippen LogP contribution in [0.3, 0.4) is 0 Å². The van der Waals surface area contributed by atoms with Crippen molar-refractivity contribution in [1.82, 2.24) is 16.3 Å². The van der Waals surface area contributed by atoms with Gasteiger partial charge in [0.25, 0.3) is 11.8 Å². The van der Waals surface area contributed by atoms with Crippen LogP contribution in [0.25, 0.3) is 0 Å². The van der Waals surface area contributed by atoms with Crippen molar-refractivity contribution in [1.29, 1.82) is 0 Å². The summed E-state index contributed by atoms with van der Waals surface area (Å²) in [5, 5.41) is 5.00. The Balaban J connectivity index is 1.39. The SMILES string of the molecule is COc1cccc(C(=O)N/N=C2\CCCc3oc(C(=O)NNC(=O)COc4ccc(Cl)cc4Cl)c(C)c32)c1. The molecular formula is C26H24Cl2N4O6. The molecule has 0 saturated carbocycles. The Labute approximate surface area is 228 Å². The zero-order valence-electron chi connectivity index (χ0n) is 20.5. The van der Waals surface area contributed by atoms with Gasteiger partial charge < -0.3 is 13.9 Å². The molecule has 0 bridgehead atoms. The lowest BCUT2D eigenvalue weighted by atomic mass is 9.93. The average Bonchev–Trinajstić information content (AvgIpc) is 3.26.